The minimum absolute atomic E-state index is 0.160. The topological polar surface area (TPSA) is 52.6 Å². The van der Waals surface area contributed by atoms with Crippen LogP contribution in [0.2, 0.25) is 0 Å². The van der Waals surface area contributed by atoms with E-state index in [-0.39, 0.29) is 5.78 Å². The Kier molecular flexibility index (Phi) is 4.08. The van der Waals surface area contributed by atoms with E-state index in [1.54, 1.807) is 27.7 Å². The highest BCUT2D eigenvalue weighted by Gasteiger charge is 2.33. The van der Waals surface area contributed by atoms with Crippen LogP contribution in [0.4, 0.5) is 0 Å². The second-order valence-corrected chi connectivity index (χ2v) is 5.16. The molecule has 2 atom stereocenters. The molecule has 1 unspecified atom stereocenters. The standard InChI is InChI=1S/C12H20O4/c1-8(11(14)16-12(2,3)4)10(13)9-6-5-7-15-9/h8-9H,5-7H2,1-4H3/t8?,9-/m0/s1. The second kappa shape index (κ2) is 4.95. The minimum Gasteiger partial charge on any atom is -0.459 e. The largest absolute Gasteiger partial charge is 0.459 e. The summed E-state index contributed by atoms with van der Waals surface area (Å²) >= 11 is 0. The molecular formula is C12H20O4. The molecule has 0 amide bonds. The van der Waals surface area contributed by atoms with E-state index in [4.69, 9.17) is 9.47 Å². The molecule has 0 bridgehead atoms. The van der Waals surface area contributed by atoms with E-state index in [1.165, 1.54) is 0 Å². The molecule has 0 N–H and O–H groups in total. The van der Waals surface area contributed by atoms with Crippen molar-refractivity contribution in [2.24, 2.45) is 5.92 Å². The van der Waals surface area contributed by atoms with E-state index in [1.807, 2.05) is 0 Å². The Morgan fingerprint density at radius 3 is 2.44 bits per heavy atom. The van der Waals surface area contributed by atoms with Crippen LogP contribution in [0.25, 0.3) is 0 Å². The van der Waals surface area contributed by atoms with Gasteiger partial charge in [0.15, 0.2) is 5.78 Å². The lowest BCUT2D eigenvalue weighted by Gasteiger charge is -2.22. The number of hydrogen-bond acceptors (Lipinski definition) is 4. The summed E-state index contributed by atoms with van der Waals surface area (Å²) in [6.45, 7) is 7.55. The molecule has 0 aromatic carbocycles. The smallest absolute Gasteiger partial charge is 0.316 e. The Balaban J connectivity index is 2.52. The van der Waals surface area contributed by atoms with Crippen molar-refractivity contribution < 1.29 is 19.1 Å². The van der Waals surface area contributed by atoms with Gasteiger partial charge in [-0.1, -0.05) is 0 Å². The number of ether oxygens (including phenoxy) is 2. The fourth-order valence-corrected chi connectivity index (χ4v) is 1.59. The van der Waals surface area contributed by atoms with Gasteiger partial charge >= 0.3 is 5.97 Å². The van der Waals surface area contributed by atoms with Crippen molar-refractivity contribution in [3.8, 4) is 0 Å². The van der Waals surface area contributed by atoms with E-state index < -0.39 is 23.6 Å². The third-order valence-corrected chi connectivity index (χ3v) is 2.43. The maximum absolute atomic E-state index is 11.8. The number of hydrogen-bond donors (Lipinski definition) is 0. The summed E-state index contributed by atoms with van der Waals surface area (Å²) in [4.78, 5) is 23.5. The third-order valence-electron chi connectivity index (χ3n) is 2.43. The Morgan fingerprint density at radius 2 is 2.00 bits per heavy atom. The summed E-state index contributed by atoms with van der Waals surface area (Å²) in [5.74, 6) is -1.36. The third kappa shape index (κ3) is 3.59. The van der Waals surface area contributed by atoms with Gasteiger partial charge in [0.2, 0.25) is 0 Å². The van der Waals surface area contributed by atoms with Crippen molar-refractivity contribution in [1.29, 1.82) is 0 Å². The molecule has 0 saturated carbocycles. The summed E-state index contributed by atoms with van der Waals surface area (Å²) in [6, 6.07) is 0. The molecule has 0 spiro atoms. The molecule has 92 valence electrons. The summed E-state index contributed by atoms with van der Waals surface area (Å²) < 4.78 is 10.4. The summed E-state index contributed by atoms with van der Waals surface area (Å²) in [5.41, 5.74) is -0.553. The maximum Gasteiger partial charge on any atom is 0.316 e. The average Bonchev–Trinajstić information content (AvgIpc) is 2.65. The van der Waals surface area contributed by atoms with Crippen molar-refractivity contribution >= 4 is 11.8 Å². The fraction of sp³-hybridized carbons (Fsp3) is 0.833. The lowest BCUT2D eigenvalue weighted by atomic mass is 10.00. The molecule has 4 heteroatoms. The van der Waals surface area contributed by atoms with Crippen LogP contribution in [0.3, 0.4) is 0 Å². The molecule has 1 fully saturated rings. The number of esters is 1. The van der Waals surface area contributed by atoms with Crippen LogP contribution in [0, 0.1) is 5.92 Å². The molecule has 0 radical (unpaired) electrons. The van der Waals surface area contributed by atoms with Crippen LogP contribution in [0.15, 0.2) is 0 Å². The molecule has 4 nitrogen and oxygen atoms in total. The molecule has 1 aliphatic heterocycles. The van der Waals surface area contributed by atoms with Crippen LogP contribution >= 0.6 is 0 Å². The molecule has 1 saturated heterocycles. The lowest BCUT2D eigenvalue weighted by Crippen LogP contribution is -2.35. The predicted octanol–water partition coefficient (Wildman–Crippen LogP) is 1.71. The van der Waals surface area contributed by atoms with E-state index in [2.05, 4.69) is 0 Å². The van der Waals surface area contributed by atoms with E-state index in [0.717, 1.165) is 6.42 Å². The average molecular weight is 228 g/mol. The van der Waals surface area contributed by atoms with Crippen LogP contribution < -0.4 is 0 Å². The Labute approximate surface area is 96.3 Å². The van der Waals surface area contributed by atoms with Crippen molar-refractivity contribution in [3.63, 3.8) is 0 Å². The van der Waals surface area contributed by atoms with Gasteiger partial charge in [0.1, 0.15) is 17.6 Å². The quantitative estimate of drug-likeness (QED) is 0.545. The van der Waals surface area contributed by atoms with Gasteiger partial charge in [0, 0.05) is 6.61 Å². The molecule has 16 heavy (non-hydrogen) atoms. The van der Waals surface area contributed by atoms with Crippen LogP contribution in [0.5, 0.6) is 0 Å². The van der Waals surface area contributed by atoms with Crippen molar-refractivity contribution in [3.05, 3.63) is 0 Å². The molecule has 0 aliphatic carbocycles. The van der Waals surface area contributed by atoms with Gasteiger partial charge in [0.25, 0.3) is 0 Å². The van der Waals surface area contributed by atoms with E-state index in [9.17, 15) is 9.59 Å². The molecule has 0 aromatic heterocycles. The lowest BCUT2D eigenvalue weighted by molar-refractivity contribution is -0.163. The summed E-state index contributed by atoms with van der Waals surface area (Å²) in [5, 5.41) is 0. The Bertz CT molecular complexity index is 271. The normalized spacial score (nSPS) is 22.9. The Hall–Kier alpha value is -0.900. The molecule has 1 rings (SSSR count). The molecule has 0 aromatic rings. The van der Waals surface area contributed by atoms with Gasteiger partial charge in [-0.05, 0) is 40.5 Å². The van der Waals surface area contributed by atoms with E-state index >= 15 is 0 Å². The first-order valence-corrected chi connectivity index (χ1v) is 5.69. The van der Waals surface area contributed by atoms with Gasteiger partial charge in [0.05, 0.1) is 0 Å². The van der Waals surface area contributed by atoms with Crippen molar-refractivity contribution in [2.45, 2.75) is 52.2 Å². The number of rotatable bonds is 3. The number of Topliss-reactive ketones (excluding diaryl/α,β-unsaturated/α-hetero) is 1. The highest BCUT2D eigenvalue weighted by molar-refractivity contribution is 6.01. The maximum atomic E-state index is 11.8. The summed E-state index contributed by atoms with van der Waals surface area (Å²) in [6.07, 6.45) is 1.19. The predicted molar refractivity (Wildman–Crippen MR) is 59.0 cm³/mol. The van der Waals surface area contributed by atoms with Gasteiger partial charge in [-0.3, -0.25) is 9.59 Å². The number of carbonyl (C=O) groups is 2. The molecule has 1 aliphatic rings. The first-order valence-electron chi connectivity index (χ1n) is 5.69. The number of ketones is 1. The minimum atomic E-state index is -0.734. The van der Waals surface area contributed by atoms with Crippen LogP contribution in [-0.2, 0) is 19.1 Å². The molecular weight excluding hydrogens is 208 g/mol. The van der Waals surface area contributed by atoms with Gasteiger partial charge < -0.3 is 9.47 Å². The second-order valence-electron chi connectivity index (χ2n) is 5.16. The zero-order chi connectivity index (χ0) is 12.3. The number of carbonyl (C=O) groups excluding carboxylic acids is 2. The fourth-order valence-electron chi connectivity index (χ4n) is 1.59. The first kappa shape index (κ1) is 13.2. The SMILES string of the molecule is CC(C(=O)OC(C)(C)C)C(=O)[C@@H]1CCCO1. The summed E-state index contributed by atoms with van der Waals surface area (Å²) in [7, 11) is 0. The monoisotopic (exact) mass is 228 g/mol. The highest BCUT2D eigenvalue weighted by Crippen LogP contribution is 2.19. The molecule has 1 heterocycles. The van der Waals surface area contributed by atoms with Crippen molar-refractivity contribution in [2.75, 3.05) is 6.61 Å². The van der Waals surface area contributed by atoms with Crippen LogP contribution in [0.1, 0.15) is 40.5 Å². The Morgan fingerprint density at radius 1 is 1.38 bits per heavy atom. The first-order chi connectivity index (χ1) is 7.31. The van der Waals surface area contributed by atoms with Crippen LogP contribution in [-0.4, -0.2) is 30.1 Å². The highest BCUT2D eigenvalue weighted by atomic mass is 16.6. The van der Waals surface area contributed by atoms with Crippen molar-refractivity contribution in [1.82, 2.24) is 0 Å². The zero-order valence-corrected chi connectivity index (χ0v) is 10.4. The van der Waals surface area contributed by atoms with Gasteiger partial charge in [-0.2, -0.15) is 0 Å². The van der Waals surface area contributed by atoms with Gasteiger partial charge in [-0.15, -0.1) is 0 Å². The van der Waals surface area contributed by atoms with Gasteiger partial charge in [-0.25, -0.2) is 0 Å². The van der Waals surface area contributed by atoms with E-state index in [0.29, 0.717) is 13.0 Å². The zero-order valence-electron chi connectivity index (χ0n) is 10.4.